The van der Waals surface area contributed by atoms with Crippen LogP contribution in [-0.4, -0.2) is 35.1 Å². The zero-order chi connectivity index (χ0) is 24.6. The van der Waals surface area contributed by atoms with E-state index in [1.165, 1.54) is 19.3 Å². The molecule has 2 aromatic carbocycles. The van der Waals surface area contributed by atoms with Crippen molar-refractivity contribution in [2.24, 2.45) is 0 Å². The number of fused-ring (bicyclic) bond motifs is 3. The van der Waals surface area contributed by atoms with Crippen LogP contribution in [0.15, 0.2) is 48.5 Å². The van der Waals surface area contributed by atoms with Gasteiger partial charge in [-0.1, -0.05) is 49.8 Å². The molecule has 5 rings (SSSR count). The second-order valence-electron chi connectivity index (χ2n) is 9.95. The summed E-state index contributed by atoms with van der Waals surface area (Å²) in [6, 6.07) is 14.9. The van der Waals surface area contributed by atoms with Crippen molar-refractivity contribution in [3.63, 3.8) is 0 Å². The van der Waals surface area contributed by atoms with E-state index in [1.807, 2.05) is 47.9 Å². The van der Waals surface area contributed by atoms with Crippen LogP contribution >= 0.6 is 11.6 Å². The molecule has 1 fully saturated rings. The lowest BCUT2D eigenvalue weighted by molar-refractivity contribution is -0.127. The van der Waals surface area contributed by atoms with Gasteiger partial charge in [0.15, 0.2) is 0 Å². The minimum atomic E-state index is -1.13. The molecule has 2 amide bonds. The van der Waals surface area contributed by atoms with Crippen molar-refractivity contribution in [3.05, 3.63) is 59.2 Å². The van der Waals surface area contributed by atoms with Gasteiger partial charge in [-0.15, -0.1) is 0 Å². The largest absolute Gasteiger partial charge is 0.497 e. The Balaban J connectivity index is 1.59. The molecule has 1 aromatic heterocycles. The highest BCUT2D eigenvalue weighted by Crippen LogP contribution is 2.37. The number of methoxy groups -OCH3 is 1. The molecule has 0 bridgehead atoms. The number of carbonyl (C=O) groups is 2. The molecule has 35 heavy (non-hydrogen) atoms. The normalized spacial score (nSPS) is 21.3. The molecule has 184 valence electrons. The molecule has 1 N–H and O–H groups in total. The van der Waals surface area contributed by atoms with Crippen molar-refractivity contribution in [3.8, 4) is 5.75 Å². The Kier molecular flexibility index (Phi) is 6.49. The fourth-order valence-electron chi connectivity index (χ4n) is 5.56. The van der Waals surface area contributed by atoms with E-state index in [0.717, 1.165) is 36.6 Å². The monoisotopic (exact) mass is 493 g/mol. The smallest absolute Gasteiger partial charge is 0.275 e. The standard InChI is InChI=1S/C28H32ClN3O3/c1-28(27(34)30-21-10-6-4-3-5-7-11-21)18-31-24-17-23(35-2)14-13-19(24)15-25(31)26(33)32(28)22-12-8-9-20(29)16-22/h8-9,12-17,21H,3-7,10-11,18H2,1-2H3,(H,30,34)/t28-/m0/s1. The van der Waals surface area contributed by atoms with Crippen LogP contribution in [0.25, 0.3) is 10.9 Å². The lowest BCUT2D eigenvalue weighted by Gasteiger charge is -2.44. The number of nitrogens with zero attached hydrogens (tertiary/aromatic N) is 2. The summed E-state index contributed by atoms with van der Waals surface area (Å²) < 4.78 is 7.39. The number of halogens is 1. The van der Waals surface area contributed by atoms with Crippen molar-refractivity contribution in [1.29, 1.82) is 0 Å². The Bertz CT molecular complexity index is 1260. The Hall–Kier alpha value is -2.99. The molecule has 7 heteroatoms. The van der Waals surface area contributed by atoms with Crippen LogP contribution in [0, 0.1) is 0 Å². The number of hydrogen-bond acceptors (Lipinski definition) is 3. The second kappa shape index (κ2) is 9.57. The van der Waals surface area contributed by atoms with Crippen LogP contribution < -0.4 is 15.0 Å². The minimum Gasteiger partial charge on any atom is -0.497 e. The summed E-state index contributed by atoms with van der Waals surface area (Å²) in [5.74, 6) is 0.361. The number of amides is 2. The predicted octanol–water partition coefficient (Wildman–Crippen LogP) is 5.95. The van der Waals surface area contributed by atoms with E-state index in [9.17, 15) is 9.59 Å². The molecule has 2 aliphatic rings. The molecule has 3 aromatic rings. The highest BCUT2D eigenvalue weighted by Gasteiger charge is 2.49. The number of benzene rings is 2. The van der Waals surface area contributed by atoms with Gasteiger partial charge in [-0.25, -0.2) is 0 Å². The van der Waals surface area contributed by atoms with Gasteiger partial charge in [0.2, 0.25) is 5.91 Å². The van der Waals surface area contributed by atoms with E-state index >= 15 is 0 Å². The highest BCUT2D eigenvalue weighted by molar-refractivity contribution is 6.31. The summed E-state index contributed by atoms with van der Waals surface area (Å²) in [5, 5.41) is 4.78. The fraction of sp³-hybridized carbons (Fsp3) is 0.429. The van der Waals surface area contributed by atoms with E-state index in [0.29, 0.717) is 28.7 Å². The van der Waals surface area contributed by atoms with E-state index in [4.69, 9.17) is 16.3 Å². The van der Waals surface area contributed by atoms with Crippen LogP contribution in [0.5, 0.6) is 5.75 Å². The summed E-state index contributed by atoms with van der Waals surface area (Å²) in [5.41, 5.74) is 0.909. The maximum atomic E-state index is 14.0. The number of carbonyl (C=O) groups excluding carboxylic acids is 2. The molecule has 0 saturated heterocycles. The van der Waals surface area contributed by atoms with E-state index in [-0.39, 0.29) is 17.9 Å². The molecule has 2 heterocycles. The van der Waals surface area contributed by atoms with Crippen molar-refractivity contribution < 1.29 is 14.3 Å². The first-order valence-electron chi connectivity index (χ1n) is 12.5. The van der Waals surface area contributed by atoms with Crippen molar-refractivity contribution in [2.75, 3.05) is 12.0 Å². The Morgan fingerprint density at radius 1 is 1.06 bits per heavy atom. The van der Waals surface area contributed by atoms with Gasteiger partial charge in [-0.3, -0.25) is 14.5 Å². The van der Waals surface area contributed by atoms with Crippen molar-refractivity contribution >= 4 is 40.0 Å². The molecule has 0 radical (unpaired) electrons. The topological polar surface area (TPSA) is 63.6 Å². The second-order valence-corrected chi connectivity index (χ2v) is 10.4. The Morgan fingerprint density at radius 2 is 1.80 bits per heavy atom. The van der Waals surface area contributed by atoms with E-state index < -0.39 is 5.54 Å². The zero-order valence-electron chi connectivity index (χ0n) is 20.4. The van der Waals surface area contributed by atoms with Crippen LogP contribution in [0.3, 0.4) is 0 Å². The Morgan fingerprint density at radius 3 is 2.51 bits per heavy atom. The SMILES string of the molecule is COc1ccc2cc3n(c2c1)C[C@@](C)(C(=O)NC1CCCCCCC1)N(c1cccc(Cl)c1)C3=O. The Labute approximate surface area is 211 Å². The third-order valence-corrected chi connectivity index (χ3v) is 7.72. The molecule has 1 saturated carbocycles. The van der Waals surface area contributed by atoms with Crippen LogP contribution in [0.1, 0.15) is 62.4 Å². The molecular weight excluding hydrogens is 462 g/mol. The maximum absolute atomic E-state index is 14.0. The van der Waals surface area contributed by atoms with Crippen molar-refractivity contribution in [1.82, 2.24) is 9.88 Å². The summed E-state index contributed by atoms with van der Waals surface area (Å²) in [4.78, 5) is 29.7. The zero-order valence-corrected chi connectivity index (χ0v) is 21.1. The molecule has 0 spiro atoms. The molecule has 1 aliphatic heterocycles. The van der Waals surface area contributed by atoms with Crippen LogP contribution in [-0.2, 0) is 11.3 Å². The number of hydrogen-bond donors (Lipinski definition) is 1. The number of ether oxygens (including phenoxy) is 1. The summed E-state index contributed by atoms with van der Waals surface area (Å²) in [7, 11) is 1.62. The van der Waals surface area contributed by atoms with Gasteiger partial charge in [-0.2, -0.15) is 0 Å². The average molecular weight is 494 g/mol. The number of nitrogens with one attached hydrogen (secondary N) is 1. The number of anilines is 1. The summed E-state index contributed by atoms with van der Waals surface area (Å²) in [6.45, 7) is 2.19. The number of aromatic nitrogens is 1. The highest BCUT2D eigenvalue weighted by atomic mass is 35.5. The third-order valence-electron chi connectivity index (χ3n) is 7.49. The molecule has 6 nitrogen and oxygen atoms in total. The average Bonchev–Trinajstić information content (AvgIpc) is 3.18. The number of rotatable bonds is 4. The summed E-state index contributed by atoms with van der Waals surface area (Å²) >= 11 is 6.31. The lowest BCUT2D eigenvalue weighted by Crippen LogP contribution is -2.65. The molecule has 0 unspecified atom stereocenters. The van der Waals surface area contributed by atoms with Gasteiger partial charge in [0.1, 0.15) is 17.0 Å². The summed E-state index contributed by atoms with van der Waals surface area (Å²) in [6.07, 6.45) is 7.86. The molecular formula is C28H32ClN3O3. The fourth-order valence-corrected chi connectivity index (χ4v) is 5.74. The molecule has 1 atom stereocenters. The first-order chi connectivity index (χ1) is 16.9. The van der Waals surface area contributed by atoms with Gasteiger partial charge < -0.3 is 14.6 Å². The van der Waals surface area contributed by atoms with E-state index in [2.05, 4.69) is 5.32 Å². The van der Waals surface area contributed by atoms with Gasteiger partial charge in [-0.05, 0) is 56.2 Å². The van der Waals surface area contributed by atoms with Crippen LogP contribution in [0.4, 0.5) is 5.69 Å². The van der Waals surface area contributed by atoms with Crippen LogP contribution in [0.2, 0.25) is 5.02 Å². The molecule has 1 aliphatic carbocycles. The third kappa shape index (κ3) is 4.40. The van der Waals surface area contributed by atoms with Gasteiger partial charge in [0.25, 0.3) is 5.91 Å². The van der Waals surface area contributed by atoms with Gasteiger partial charge >= 0.3 is 0 Å². The van der Waals surface area contributed by atoms with Gasteiger partial charge in [0, 0.05) is 28.2 Å². The maximum Gasteiger partial charge on any atom is 0.275 e. The minimum absolute atomic E-state index is 0.124. The van der Waals surface area contributed by atoms with Gasteiger partial charge in [0.05, 0.1) is 19.2 Å². The van der Waals surface area contributed by atoms with E-state index in [1.54, 1.807) is 24.1 Å². The first kappa shape index (κ1) is 23.7. The lowest BCUT2D eigenvalue weighted by atomic mass is 9.91. The predicted molar refractivity (Wildman–Crippen MR) is 139 cm³/mol. The van der Waals surface area contributed by atoms with Crippen molar-refractivity contribution in [2.45, 2.75) is 70.0 Å². The quantitative estimate of drug-likeness (QED) is 0.488. The first-order valence-corrected chi connectivity index (χ1v) is 12.9.